The lowest BCUT2D eigenvalue weighted by atomic mass is 10.0. The topological polar surface area (TPSA) is 56.8 Å². The van der Waals surface area contributed by atoms with Crippen molar-refractivity contribution in [3.05, 3.63) is 23.3 Å². The fourth-order valence-corrected chi connectivity index (χ4v) is 2.72. The van der Waals surface area contributed by atoms with Gasteiger partial charge in [0.25, 0.3) is 0 Å². The molecule has 0 atom stereocenters. The van der Waals surface area contributed by atoms with Gasteiger partial charge in [0.05, 0.1) is 21.3 Å². The number of allylic oxidation sites excluding steroid dienone is 1. The molecule has 1 N–H and O–H groups in total. The summed E-state index contributed by atoms with van der Waals surface area (Å²) in [6.07, 6.45) is -2.00. The van der Waals surface area contributed by atoms with Crippen LogP contribution in [0, 0.1) is 0 Å². The van der Waals surface area contributed by atoms with Gasteiger partial charge in [-0.05, 0) is 30.0 Å². The molecule has 5 nitrogen and oxygen atoms in total. The zero-order valence-corrected chi connectivity index (χ0v) is 13.5. The van der Waals surface area contributed by atoms with Crippen LogP contribution in [0.15, 0.2) is 12.1 Å². The predicted molar refractivity (Wildman–Crippen MR) is 81.5 cm³/mol. The van der Waals surface area contributed by atoms with E-state index in [1.165, 1.54) is 21.3 Å². The molecule has 0 spiro atoms. The lowest BCUT2D eigenvalue weighted by Crippen LogP contribution is -2.36. The molecule has 24 heavy (non-hydrogen) atoms. The molecule has 0 radical (unpaired) electrons. The van der Waals surface area contributed by atoms with E-state index in [9.17, 15) is 18.0 Å². The van der Waals surface area contributed by atoms with E-state index >= 15 is 0 Å². The van der Waals surface area contributed by atoms with Crippen LogP contribution in [0.1, 0.15) is 17.5 Å². The Labute approximate surface area is 137 Å². The zero-order valence-electron chi connectivity index (χ0n) is 13.5. The first-order valence-electron chi connectivity index (χ1n) is 7.19. The van der Waals surface area contributed by atoms with Crippen LogP contribution >= 0.6 is 0 Å². The molecular formula is C16H18F3NO4. The molecule has 1 amide bonds. The van der Waals surface area contributed by atoms with Gasteiger partial charge in [-0.1, -0.05) is 6.08 Å². The Morgan fingerprint density at radius 1 is 1.17 bits per heavy atom. The van der Waals surface area contributed by atoms with Gasteiger partial charge >= 0.3 is 12.1 Å². The summed E-state index contributed by atoms with van der Waals surface area (Å²) in [6, 6.07) is 1.83. The number of alkyl halides is 3. The van der Waals surface area contributed by atoms with Gasteiger partial charge in [0.2, 0.25) is 5.75 Å². The Morgan fingerprint density at radius 3 is 2.38 bits per heavy atom. The SMILES string of the molecule is COc1cc2c(c(OC)c1OC)C(=CCNC(=O)C(F)(F)F)CC2. The lowest BCUT2D eigenvalue weighted by Gasteiger charge is -2.16. The van der Waals surface area contributed by atoms with Gasteiger partial charge in [0, 0.05) is 12.1 Å². The van der Waals surface area contributed by atoms with E-state index in [-0.39, 0.29) is 6.54 Å². The summed E-state index contributed by atoms with van der Waals surface area (Å²) in [5.41, 5.74) is 2.53. The van der Waals surface area contributed by atoms with Gasteiger partial charge in [-0.3, -0.25) is 4.79 Å². The van der Waals surface area contributed by atoms with Crippen molar-refractivity contribution < 1.29 is 32.2 Å². The molecular weight excluding hydrogens is 327 g/mol. The first-order chi connectivity index (χ1) is 11.3. The molecule has 0 fully saturated rings. The van der Waals surface area contributed by atoms with E-state index in [0.717, 1.165) is 16.7 Å². The second kappa shape index (κ2) is 7.02. The van der Waals surface area contributed by atoms with Crippen LogP contribution in [0.5, 0.6) is 17.2 Å². The third-order valence-electron chi connectivity index (χ3n) is 3.77. The Morgan fingerprint density at radius 2 is 1.83 bits per heavy atom. The highest BCUT2D eigenvalue weighted by Gasteiger charge is 2.38. The van der Waals surface area contributed by atoms with Crippen molar-refractivity contribution in [2.75, 3.05) is 27.9 Å². The number of hydrogen-bond donors (Lipinski definition) is 1. The van der Waals surface area contributed by atoms with Gasteiger partial charge in [-0.25, -0.2) is 0 Å². The van der Waals surface area contributed by atoms with E-state index in [0.29, 0.717) is 30.1 Å². The number of methoxy groups -OCH3 is 3. The average Bonchev–Trinajstić information content (AvgIpc) is 2.94. The van der Waals surface area contributed by atoms with Crippen LogP contribution in [0.2, 0.25) is 0 Å². The number of aryl methyl sites for hydroxylation is 1. The number of rotatable bonds is 5. The minimum absolute atomic E-state index is 0.218. The molecule has 0 aliphatic heterocycles. The highest BCUT2D eigenvalue weighted by Crippen LogP contribution is 2.48. The van der Waals surface area contributed by atoms with Crippen LogP contribution in [0.4, 0.5) is 13.2 Å². The van der Waals surface area contributed by atoms with E-state index in [1.54, 1.807) is 6.08 Å². The maximum absolute atomic E-state index is 12.2. The number of hydrogen-bond acceptors (Lipinski definition) is 4. The number of amides is 1. The third kappa shape index (κ3) is 3.42. The highest BCUT2D eigenvalue weighted by atomic mass is 19.4. The summed E-state index contributed by atoms with van der Waals surface area (Å²) >= 11 is 0. The van der Waals surface area contributed by atoms with Crippen molar-refractivity contribution in [3.63, 3.8) is 0 Å². The average molecular weight is 345 g/mol. The van der Waals surface area contributed by atoms with E-state index in [1.807, 2.05) is 11.4 Å². The van der Waals surface area contributed by atoms with Crippen molar-refractivity contribution in [1.29, 1.82) is 0 Å². The Bertz CT molecular complexity index is 668. The molecule has 0 saturated carbocycles. The molecule has 1 aliphatic rings. The summed E-state index contributed by atoms with van der Waals surface area (Å²) < 4.78 is 52.6. The quantitative estimate of drug-likeness (QED) is 0.892. The van der Waals surface area contributed by atoms with Crippen LogP contribution in [0.25, 0.3) is 5.57 Å². The minimum Gasteiger partial charge on any atom is -0.493 e. The smallest absolute Gasteiger partial charge is 0.471 e. The molecule has 2 rings (SSSR count). The first-order valence-corrected chi connectivity index (χ1v) is 7.19. The van der Waals surface area contributed by atoms with E-state index < -0.39 is 12.1 Å². The summed E-state index contributed by atoms with van der Waals surface area (Å²) in [6.45, 7) is -0.218. The Hall–Kier alpha value is -2.38. The number of carbonyl (C=O) groups is 1. The van der Waals surface area contributed by atoms with E-state index in [2.05, 4.69) is 0 Å². The van der Waals surface area contributed by atoms with Gasteiger partial charge in [0.1, 0.15) is 0 Å². The van der Waals surface area contributed by atoms with Crippen LogP contribution in [0.3, 0.4) is 0 Å². The van der Waals surface area contributed by atoms with Crippen molar-refractivity contribution in [2.45, 2.75) is 19.0 Å². The number of nitrogens with one attached hydrogen (secondary N) is 1. The number of ether oxygens (including phenoxy) is 3. The summed E-state index contributed by atoms with van der Waals surface area (Å²) in [4.78, 5) is 10.9. The molecule has 1 aromatic rings. The highest BCUT2D eigenvalue weighted by molar-refractivity contribution is 5.83. The minimum atomic E-state index is -4.89. The van der Waals surface area contributed by atoms with Gasteiger partial charge in [-0.15, -0.1) is 0 Å². The summed E-state index contributed by atoms with van der Waals surface area (Å²) in [5.74, 6) is -0.541. The summed E-state index contributed by atoms with van der Waals surface area (Å²) in [7, 11) is 4.48. The normalized spacial score (nSPS) is 15.2. The molecule has 0 bridgehead atoms. The fourth-order valence-electron chi connectivity index (χ4n) is 2.72. The lowest BCUT2D eigenvalue weighted by molar-refractivity contribution is -0.173. The van der Waals surface area contributed by atoms with Crippen LogP contribution in [-0.4, -0.2) is 40.0 Å². The van der Waals surface area contributed by atoms with Crippen molar-refractivity contribution in [2.24, 2.45) is 0 Å². The Balaban J connectivity index is 2.31. The van der Waals surface area contributed by atoms with Crippen LogP contribution in [-0.2, 0) is 11.2 Å². The molecule has 0 aromatic heterocycles. The molecule has 0 unspecified atom stereocenters. The Kier molecular flexibility index (Phi) is 5.26. The van der Waals surface area contributed by atoms with Gasteiger partial charge in [0.15, 0.2) is 11.5 Å². The fraction of sp³-hybridized carbons (Fsp3) is 0.438. The molecule has 1 aliphatic carbocycles. The number of benzene rings is 1. The van der Waals surface area contributed by atoms with Gasteiger partial charge in [-0.2, -0.15) is 13.2 Å². The molecule has 132 valence electrons. The monoisotopic (exact) mass is 345 g/mol. The molecule has 0 heterocycles. The van der Waals surface area contributed by atoms with Crippen molar-refractivity contribution >= 4 is 11.5 Å². The zero-order chi connectivity index (χ0) is 17.9. The second-order valence-corrected chi connectivity index (χ2v) is 5.12. The van der Waals surface area contributed by atoms with Crippen molar-refractivity contribution in [1.82, 2.24) is 5.32 Å². The standard InChI is InChI=1S/C16H18F3NO4/c1-22-11-8-10-5-4-9(6-7-20-15(21)16(17,18)19)12(10)14(24-3)13(11)23-2/h6,8H,4-5,7H2,1-3H3,(H,20,21). The maximum atomic E-state index is 12.2. The third-order valence-corrected chi connectivity index (χ3v) is 3.77. The first kappa shape index (κ1) is 18.0. The maximum Gasteiger partial charge on any atom is 0.471 e. The summed E-state index contributed by atoms with van der Waals surface area (Å²) in [5, 5.41) is 1.83. The predicted octanol–water partition coefficient (Wildman–Crippen LogP) is 2.72. The van der Waals surface area contributed by atoms with Gasteiger partial charge < -0.3 is 19.5 Å². The second-order valence-electron chi connectivity index (χ2n) is 5.12. The molecule has 8 heteroatoms. The number of carbonyl (C=O) groups excluding carboxylic acids is 1. The van der Waals surface area contributed by atoms with Crippen molar-refractivity contribution in [3.8, 4) is 17.2 Å². The number of halogens is 3. The van der Waals surface area contributed by atoms with Crippen LogP contribution < -0.4 is 19.5 Å². The molecule has 1 aromatic carbocycles. The largest absolute Gasteiger partial charge is 0.493 e. The van der Waals surface area contributed by atoms with E-state index in [4.69, 9.17) is 14.2 Å². The molecule has 0 saturated heterocycles. The number of fused-ring (bicyclic) bond motifs is 1.